The number of esters is 2. The third kappa shape index (κ3) is 2.54. The highest BCUT2D eigenvalue weighted by Gasteiger charge is 2.26. The Morgan fingerprint density at radius 2 is 2.06 bits per heavy atom. The van der Waals surface area contributed by atoms with Gasteiger partial charge in [-0.25, -0.2) is 4.79 Å². The van der Waals surface area contributed by atoms with E-state index in [0.29, 0.717) is 5.56 Å². The minimum atomic E-state index is -0.483. The van der Waals surface area contributed by atoms with Crippen molar-refractivity contribution < 1.29 is 14.3 Å². The molecule has 0 N–H and O–H groups in total. The molecule has 1 aliphatic rings. The van der Waals surface area contributed by atoms with Gasteiger partial charge in [0, 0.05) is 0 Å². The van der Waals surface area contributed by atoms with E-state index in [0.717, 1.165) is 36.8 Å². The Morgan fingerprint density at radius 1 is 1.24 bits per heavy atom. The Hall–Kier alpha value is -1.64. The predicted octanol–water partition coefficient (Wildman–Crippen LogP) is 2.66. The second-order valence-electron chi connectivity index (χ2n) is 4.35. The minimum absolute atomic E-state index is 0.211. The SMILES string of the molecule is CCCCCc1cccc2c1C(=O)OC(=O)C2. The molecule has 0 saturated heterocycles. The fourth-order valence-corrected chi connectivity index (χ4v) is 2.18. The molecule has 0 amide bonds. The van der Waals surface area contributed by atoms with Crippen LogP contribution < -0.4 is 0 Å². The van der Waals surface area contributed by atoms with Gasteiger partial charge in [0.1, 0.15) is 0 Å². The summed E-state index contributed by atoms with van der Waals surface area (Å²) in [6.45, 7) is 2.15. The smallest absolute Gasteiger partial charge is 0.346 e. The third-order valence-electron chi connectivity index (χ3n) is 3.03. The maximum absolute atomic E-state index is 11.7. The van der Waals surface area contributed by atoms with Crippen LogP contribution in [0.2, 0.25) is 0 Å². The van der Waals surface area contributed by atoms with Crippen LogP contribution in [-0.4, -0.2) is 11.9 Å². The van der Waals surface area contributed by atoms with Crippen LogP contribution in [0.1, 0.15) is 47.7 Å². The number of aryl methyl sites for hydroxylation is 1. The normalized spacial score (nSPS) is 14.4. The Bertz CT molecular complexity index is 449. The molecule has 17 heavy (non-hydrogen) atoms. The second-order valence-corrected chi connectivity index (χ2v) is 4.35. The molecule has 1 heterocycles. The Balaban J connectivity index is 2.26. The minimum Gasteiger partial charge on any atom is -0.389 e. The van der Waals surface area contributed by atoms with Gasteiger partial charge in [-0.15, -0.1) is 0 Å². The number of benzene rings is 1. The Morgan fingerprint density at radius 3 is 2.82 bits per heavy atom. The largest absolute Gasteiger partial charge is 0.389 e. The van der Waals surface area contributed by atoms with Crippen molar-refractivity contribution >= 4 is 11.9 Å². The van der Waals surface area contributed by atoms with Crippen LogP contribution in [0, 0.1) is 0 Å². The van der Waals surface area contributed by atoms with E-state index in [1.165, 1.54) is 0 Å². The number of unbranched alkanes of at least 4 members (excludes halogenated alkanes) is 2. The van der Waals surface area contributed by atoms with Gasteiger partial charge in [-0.1, -0.05) is 38.0 Å². The van der Waals surface area contributed by atoms with Gasteiger partial charge >= 0.3 is 11.9 Å². The number of carbonyl (C=O) groups excluding carboxylic acids is 2. The maximum Gasteiger partial charge on any atom is 0.346 e. The van der Waals surface area contributed by atoms with Gasteiger partial charge in [0.25, 0.3) is 0 Å². The highest BCUT2D eigenvalue weighted by atomic mass is 16.6. The molecule has 1 aromatic carbocycles. The summed E-state index contributed by atoms with van der Waals surface area (Å²) < 4.78 is 4.68. The number of hydrogen-bond acceptors (Lipinski definition) is 3. The van der Waals surface area contributed by atoms with Gasteiger partial charge in [-0.2, -0.15) is 0 Å². The molecule has 2 rings (SSSR count). The molecule has 0 fully saturated rings. The van der Waals surface area contributed by atoms with Crippen molar-refractivity contribution in [2.45, 2.75) is 39.0 Å². The third-order valence-corrected chi connectivity index (χ3v) is 3.03. The number of fused-ring (bicyclic) bond motifs is 1. The Labute approximate surface area is 101 Å². The Kier molecular flexibility index (Phi) is 3.57. The van der Waals surface area contributed by atoms with E-state index in [9.17, 15) is 9.59 Å². The summed E-state index contributed by atoms with van der Waals surface area (Å²) in [6.07, 6.45) is 4.45. The van der Waals surface area contributed by atoms with Crippen LogP contribution in [-0.2, 0) is 22.4 Å². The average Bonchev–Trinajstić information content (AvgIpc) is 2.28. The molecule has 0 atom stereocenters. The zero-order valence-corrected chi connectivity index (χ0v) is 9.99. The van der Waals surface area contributed by atoms with Crippen molar-refractivity contribution in [1.82, 2.24) is 0 Å². The van der Waals surface area contributed by atoms with Gasteiger partial charge in [-0.3, -0.25) is 4.79 Å². The first-order valence-corrected chi connectivity index (χ1v) is 6.08. The van der Waals surface area contributed by atoms with Gasteiger partial charge in [0.05, 0.1) is 12.0 Å². The molecule has 0 bridgehead atoms. The van der Waals surface area contributed by atoms with Crippen molar-refractivity contribution in [2.75, 3.05) is 0 Å². The number of hydrogen-bond donors (Lipinski definition) is 0. The summed E-state index contributed by atoms with van der Waals surface area (Å²) in [5.41, 5.74) is 2.43. The summed E-state index contributed by atoms with van der Waals surface area (Å²) in [7, 11) is 0. The van der Waals surface area contributed by atoms with Crippen LogP contribution in [0.3, 0.4) is 0 Å². The van der Waals surface area contributed by atoms with Crippen molar-refractivity contribution in [1.29, 1.82) is 0 Å². The summed E-state index contributed by atoms with van der Waals surface area (Å²) in [5, 5.41) is 0. The molecule has 0 spiro atoms. The van der Waals surface area contributed by atoms with Crippen molar-refractivity contribution in [2.24, 2.45) is 0 Å². The highest BCUT2D eigenvalue weighted by molar-refractivity contribution is 6.03. The predicted molar refractivity (Wildman–Crippen MR) is 63.8 cm³/mol. The molecule has 1 aromatic rings. The monoisotopic (exact) mass is 232 g/mol. The van der Waals surface area contributed by atoms with Gasteiger partial charge in [0.15, 0.2) is 0 Å². The fourth-order valence-electron chi connectivity index (χ4n) is 2.18. The zero-order valence-electron chi connectivity index (χ0n) is 9.99. The van der Waals surface area contributed by atoms with E-state index in [-0.39, 0.29) is 6.42 Å². The number of rotatable bonds is 4. The van der Waals surface area contributed by atoms with Gasteiger partial charge < -0.3 is 4.74 Å². The highest BCUT2D eigenvalue weighted by Crippen LogP contribution is 2.23. The number of cyclic esters (lactones) is 2. The molecule has 0 aliphatic carbocycles. The molecular weight excluding hydrogens is 216 g/mol. The summed E-state index contributed by atoms with van der Waals surface area (Å²) in [6, 6.07) is 5.69. The zero-order chi connectivity index (χ0) is 12.3. The second kappa shape index (κ2) is 5.13. The van der Waals surface area contributed by atoms with E-state index < -0.39 is 11.9 Å². The summed E-state index contributed by atoms with van der Waals surface area (Å²) in [5.74, 6) is -0.934. The summed E-state index contributed by atoms with van der Waals surface area (Å²) in [4.78, 5) is 22.9. The standard InChI is InChI=1S/C14H16O3/c1-2-3-4-6-10-7-5-8-11-9-12(15)17-14(16)13(10)11/h5,7-8H,2-4,6,9H2,1H3. The molecule has 0 aromatic heterocycles. The van der Waals surface area contributed by atoms with Crippen LogP contribution in [0.25, 0.3) is 0 Å². The molecule has 0 saturated carbocycles. The average molecular weight is 232 g/mol. The molecule has 1 aliphatic heterocycles. The van der Waals surface area contributed by atoms with Crippen LogP contribution in [0.15, 0.2) is 18.2 Å². The lowest BCUT2D eigenvalue weighted by atomic mass is 9.94. The topological polar surface area (TPSA) is 43.4 Å². The fraction of sp³-hybridized carbons (Fsp3) is 0.429. The van der Waals surface area contributed by atoms with Crippen LogP contribution >= 0.6 is 0 Å². The first-order valence-electron chi connectivity index (χ1n) is 6.08. The van der Waals surface area contributed by atoms with Crippen LogP contribution in [0.4, 0.5) is 0 Å². The first-order chi connectivity index (χ1) is 8.22. The van der Waals surface area contributed by atoms with E-state index >= 15 is 0 Å². The lowest BCUT2D eigenvalue weighted by molar-refractivity contribution is -0.137. The number of carbonyl (C=O) groups is 2. The van der Waals surface area contributed by atoms with Gasteiger partial charge in [-0.05, 0) is 24.0 Å². The number of ether oxygens (including phenoxy) is 1. The van der Waals surface area contributed by atoms with E-state index in [1.54, 1.807) is 0 Å². The van der Waals surface area contributed by atoms with Crippen molar-refractivity contribution in [3.05, 3.63) is 34.9 Å². The van der Waals surface area contributed by atoms with Crippen molar-refractivity contribution in [3.63, 3.8) is 0 Å². The molecular formula is C14H16O3. The van der Waals surface area contributed by atoms with E-state index in [1.807, 2.05) is 18.2 Å². The molecule has 90 valence electrons. The molecule has 0 radical (unpaired) electrons. The summed E-state index contributed by atoms with van der Waals surface area (Å²) >= 11 is 0. The van der Waals surface area contributed by atoms with E-state index in [4.69, 9.17) is 0 Å². The lowest BCUT2D eigenvalue weighted by Gasteiger charge is -2.17. The quantitative estimate of drug-likeness (QED) is 0.455. The molecule has 3 heteroatoms. The molecule has 3 nitrogen and oxygen atoms in total. The first kappa shape index (κ1) is 11.8. The molecule has 0 unspecified atom stereocenters. The lowest BCUT2D eigenvalue weighted by Crippen LogP contribution is -2.24. The van der Waals surface area contributed by atoms with Gasteiger partial charge in [0.2, 0.25) is 0 Å². The maximum atomic E-state index is 11.7. The van der Waals surface area contributed by atoms with Crippen molar-refractivity contribution in [3.8, 4) is 0 Å². The van der Waals surface area contributed by atoms with Crippen LogP contribution in [0.5, 0.6) is 0 Å². The van der Waals surface area contributed by atoms with E-state index in [2.05, 4.69) is 11.7 Å².